The molecule has 0 spiro atoms. The third-order valence-electron chi connectivity index (χ3n) is 4.36. The van der Waals surface area contributed by atoms with E-state index in [0.717, 1.165) is 18.4 Å². The number of rotatable bonds is 8. The predicted octanol–water partition coefficient (Wildman–Crippen LogP) is 3.36. The van der Waals surface area contributed by atoms with E-state index in [2.05, 4.69) is 0 Å². The molecule has 1 fully saturated rings. The largest absolute Gasteiger partial charge is 0.481 e. The van der Waals surface area contributed by atoms with Crippen molar-refractivity contribution in [2.45, 2.75) is 38.5 Å². The molecule has 0 bridgehead atoms. The predicted molar refractivity (Wildman–Crippen MR) is 88.7 cm³/mol. The van der Waals surface area contributed by atoms with Gasteiger partial charge in [0.05, 0.1) is 12.0 Å². The quantitative estimate of drug-likeness (QED) is 0.709. The van der Waals surface area contributed by atoms with Gasteiger partial charge in [-0.25, -0.2) is 0 Å². The number of carboxylic acid groups (broad SMARTS) is 1. The molecule has 6 heteroatoms. The van der Waals surface area contributed by atoms with Crippen molar-refractivity contribution in [2.75, 3.05) is 12.8 Å². The Labute approximate surface area is 137 Å². The number of carbonyl (C=O) groups is 1. The number of benzene rings is 1. The fourth-order valence-electron chi connectivity index (χ4n) is 3.17. The molecular formula is C17H25O5P. The minimum Gasteiger partial charge on any atom is -0.481 e. The number of carboxylic acids is 1. The van der Waals surface area contributed by atoms with Gasteiger partial charge in [-0.3, -0.25) is 9.36 Å². The second kappa shape index (κ2) is 8.09. The second-order valence-corrected chi connectivity index (χ2v) is 8.83. The van der Waals surface area contributed by atoms with E-state index in [1.54, 1.807) is 6.92 Å². The number of hydrogen-bond acceptors (Lipinski definition) is 3. The summed E-state index contributed by atoms with van der Waals surface area (Å²) in [4.78, 5) is 21.5. The first-order chi connectivity index (χ1) is 10.9. The second-order valence-electron chi connectivity index (χ2n) is 6.46. The van der Waals surface area contributed by atoms with Crippen molar-refractivity contribution >= 4 is 13.3 Å². The summed E-state index contributed by atoms with van der Waals surface area (Å²) in [5, 5.41) is 9.13. The van der Waals surface area contributed by atoms with Crippen LogP contribution in [0.4, 0.5) is 0 Å². The maximum Gasteiger partial charge on any atom is 0.306 e. The molecule has 1 aromatic rings. The molecule has 2 rings (SSSR count). The number of ether oxygens (including phenoxy) is 1. The van der Waals surface area contributed by atoms with E-state index in [1.165, 1.54) is 0 Å². The van der Waals surface area contributed by atoms with Crippen LogP contribution in [0.2, 0.25) is 0 Å². The summed E-state index contributed by atoms with van der Waals surface area (Å²) in [6, 6.07) is 9.24. The Morgan fingerprint density at radius 3 is 2.65 bits per heavy atom. The summed E-state index contributed by atoms with van der Waals surface area (Å²) in [5.74, 6) is -1.60. The zero-order valence-electron chi connectivity index (χ0n) is 13.4. The Kier molecular flexibility index (Phi) is 6.40. The van der Waals surface area contributed by atoms with Crippen LogP contribution in [-0.4, -0.2) is 34.8 Å². The van der Waals surface area contributed by atoms with Gasteiger partial charge in [-0.2, -0.15) is 0 Å². The van der Waals surface area contributed by atoms with Crippen LogP contribution in [0.1, 0.15) is 31.7 Å². The lowest BCUT2D eigenvalue weighted by atomic mass is 9.91. The lowest BCUT2D eigenvalue weighted by Crippen LogP contribution is -2.27. The molecule has 0 saturated carbocycles. The summed E-state index contributed by atoms with van der Waals surface area (Å²) in [5.41, 5.74) is 0.829. The van der Waals surface area contributed by atoms with Gasteiger partial charge in [0.15, 0.2) is 0 Å². The molecule has 1 saturated heterocycles. The third-order valence-corrected chi connectivity index (χ3v) is 6.26. The topological polar surface area (TPSA) is 83.8 Å². The van der Waals surface area contributed by atoms with E-state index in [1.807, 2.05) is 30.3 Å². The molecule has 0 radical (unpaired) electrons. The highest BCUT2D eigenvalue weighted by atomic mass is 31.2. The third kappa shape index (κ3) is 5.76. The van der Waals surface area contributed by atoms with Crippen LogP contribution in [0.5, 0.6) is 0 Å². The van der Waals surface area contributed by atoms with Crippen molar-refractivity contribution in [3.63, 3.8) is 0 Å². The highest BCUT2D eigenvalue weighted by Crippen LogP contribution is 2.48. The number of aliphatic carboxylic acids is 1. The van der Waals surface area contributed by atoms with Gasteiger partial charge in [0.1, 0.15) is 0 Å². The summed E-state index contributed by atoms with van der Waals surface area (Å²) in [7, 11) is -3.38. The van der Waals surface area contributed by atoms with E-state index in [4.69, 9.17) is 9.84 Å². The molecule has 1 aromatic carbocycles. The Morgan fingerprint density at radius 1 is 1.39 bits per heavy atom. The Bertz CT molecular complexity index is 553. The summed E-state index contributed by atoms with van der Waals surface area (Å²) in [6.07, 6.45) is 2.27. The van der Waals surface area contributed by atoms with Gasteiger partial charge in [-0.15, -0.1) is 0 Å². The first-order valence-corrected chi connectivity index (χ1v) is 10.1. The molecule has 0 amide bonds. The lowest BCUT2D eigenvalue weighted by molar-refractivity contribution is -0.142. The monoisotopic (exact) mass is 340 g/mol. The van der Waals surface area contributed by atoms with Crippen LogP contribution in [0.25, 0.3) is 0 Å². The van der Waals surface area contributed by atoms with Gasteiger partial charge in [0.25, 0.3) is 0 Å². The molecule has 1 heterocycles. The smallest absolute Gasteiger partial charge is 0.306 e. The van der Waals surface area contributed by atoms with Crippen LogP contribution < -0.4 is 0 Å². The molecule has 23 heavy (non-hydrogen) atoms. The normalized spacial score (nSPS) is 23.1. The average Bonchev–Trinajstić information content (AvgIpc) is 3.00. The highest BCUT2D eigenvalue weighted by Gasteiger charge is 2.34. The summed E-state index contributed by atoms with van der Waals surface area (Å²) < 4.78 is 18.3. The van der Waals surface area contributed by atoms with Crippen molar-refractivity contribution in [3.05, 3.63) is 35.9 Å². The van der Waals surface area contributed by atoms with Gasteiger partial charge >= 0.3 is 5.97 Å². The van der Waals surface area contributed by atoms with Crippen LogP contribution in [0.15, 0.2) is 30.3 Å². The average molecular weight is 340 g/mol. The molecule has 2 N–H and O–H groups in total. The zero-order valence-corrected chi connectivity index (χ0v) is 14.3. The molecule has 128 valence electrons. The number of hydrogen-bond donors (Lipinski definition) is 2. The lowest BCUT2D eigenvalue weighted by Gasteiger charge is -2.26. The van der Waals surface area contributed by atoms with E-state index >= 15 is 0 Å². The Hall–Kier alpha value is -1.16. The molecule has 5 nitrogen and oxygen atoms in total. The van der Waals surface area contributed by atoms with E-state index < -0.39 is 19.3 Å². The van der Waals surface area contributed by atoms with Crippen molar-refractivity contribution in [1.29, 1.82) is 0 Å². The van der Waals surface area contributed by atoms with Crippen molar-refractivity contribution in [2.24, 2.45) is 11.8 Å². The van der Waals surface area contributed by atoms with Gasteiger partial charge in [-0.05, 0) is 30.7 Å². The van der Waals surface area contributed by atoms with Crippen LogP contribution in [-0.2, 0) is 20.3 Å². The molecular weight excluding hydrogens is 315 g/mol. The Morgan fingerprint density at radius 2 is 2.09 bits per heavy atom. The van der Waals surface area contributed by atoms with Crippen LogP contribution in [0, 0.1) is 11.8 Å². The maximum absolute atomic E-state index is 12.7. The van der Waals surface area contributed by atoms with Crippen molar-refractivity contribution < 1.29 is 24.1 Å². The first kappa shape index (κ1) is 18.2. The van der Waals surface area contributed by atoms with Gasteiger partial charge in [-0.1, -0.05) is 37.3 Å². The fraction of sp³-hybridized carbons (Fsp3) is 0.588. The van der Waals surface area contributed by atoms with Gasteiger partial charge in [0.2, 0.25) is 7.37 Å². The van der Waals surface area contributed by atoms with Crippen molar-refractivity contribution in [1.82, 2.24) is 0 Å². The standard InChI is InChI=1S/C17H25O5P/c1-13(17(18)19)10-15(16-8-5-9-22-16)12-23(20,21)11-14-6-3-2-4-7-14/h2-4,6-7,13,15-16H,5,8-12H2,1H3,(H,18,19)(H,20,21). The SMILES string of the molecule is CC(CC(CP(=O)(O)Cc1ccccc1)C1CCCO1)C(=O)O. The van der Waals surface area contributed by atoms with E-state index in [-0.39, 0.29) is 24.3 Å². The Balaban J connectivity index is 2.05. The van der Waals surface area contributed by atoms with E-state index in [0.29, 0.717) is 13.0 Å². The first-order valence-electron chi connectivity index (χ1n) is 8.06. The minimum atomic E-state index is -3.38. The summed E-state index contributed by atoms with van der Waals surface area (Å²) in [6.45, 7) is 2.29. The highest BCUT2D eigenvalue weighted by molar-refractivity contribution is 7.57. The molecule has 0 aliphatic carbocycles. The molecule has 1 aliphatic rings. The van der Waals surface area contributed by atoms with Gasteiger partial charge < -0.3 is 14.7 Å². The zero-order chi connectivity index (χ0) is 16.9. The van der Waals surface area contributed by atoms with Crippen LogP contribution >= 0.6 is 7.37 Å². The maximum atomic E-state index is 12.7. The van der Waals surface area contributed by atoms with Crippen molar-refractivity contribution in [3.8, 4) is 0 Å². The molecule has 0 aromatic heterocycles. The molecule has 4 unspecified atom stereocenters. The van der Waals surface area contributed by atoms with Gasteiger partial charge in [0, 0.05) is 18.9 Å². The molecule has 1 aliphatic heterocycles. The van der Waals surface area contributed by atoms with Crippen LogP contribution in [0.3, 0.4) is 0 Å². The molecule has 4 atom stereocenters. The minimum absolute atomic E-state index is 0.104. The fourth-order valence-corrected chi connectivity index (χ4v) is 5.20. The van der Waals surface area contributed by atoms with E-state index in [9.17, 15) is 14.3 Å². The summed E-state index contributed by atoms with van der Waals surface area (Å²) >= 11 is 0.